The van der Waals surface area contributed by atoms with Gasteiger partial charge < -0.3 is 4.90 Å². The molecule has 0 aliphatic carbocycles. The third-order valence-corrected chi connectivity index (χ3v) is 9.58. The van der Waals surface area contributed by atoms with Crippen molar-refractivity contribution in [2.24, 2.45) is 0 Å². The second-order valence-electron chi connectivity index (χ2n) is 13.7. The van der Waals surface area contributed by atoms with Crippen LogP contribution in [0.4, 0.5) is 13.2 Å². The molecular weight excluding hydrogens is 636 g/mol. The molecule has 0 bridgehead atoms. The van der Waals surface area contributed by atoms with Gasteiger partial charge in [0.15, 0.2) is 0 Å². The van der Waals surface area contributed by atoms with Crippen LogP contribution >= 0.6 is 7.82 Å². The van der Waals surface area contributed by atoms with Crippen LogP contribution in [0.5, 0.6) is 0 Å². The Morgan fingerprint density at radius 2 is 1.62 bits per heavy atom. The average molecular weight is 677 g/mol. The van der Waals surface area contributed by atoms with Gasteiger partial charge in [0, 0.05) is 30.7 Å². The molecular formula is C33H40F3N4O6P. The maximum atomic E-state index is 14.3. The predicted octanol–water partition coefficient (Wildman–Crippen LogP) is 7.49. The predicted molar refractivity (Wildman–Crippen MR) is 172 cm³/mol. The SMILES string of the molecule is CC(C)(C)OP(=O)(OCn1c(=O)n(C2CCN(C(=O)Cc3ccc4ncccc4c3)CC2)c2c(C(F)(F)F)cccc21)OC(C)(C)C. The maximum absolute atomic E-state index is 14.3. The zero-order valence-electron chi connectivity index (χ0n) is 27.3. The summed E-state index contributed by atoms with van der Waals surface area (Å²) in [6, 6.07) is 12.3. The number of pyridine rings is 1. The summed E-state index contributed by atoms with van der Waals surface area (Å²) in [4.78, 5) is 33.1. The highest BCUT2D eigenvalue weighted by Crippen LogP contribution is 2.55. The van der Waals surface area contributed by atoms with Crippen molar-refractivity contribution in [2.45, 2.75) is 91.0 Å². The summed E-state index contributed by atoms with van der Waals surface area (Å²) in [5.41, 5.74) is -2.34. The van der Waals surface area contributed by atoms with Gasteiger partial charge in [-0.15, -0.1) is 0 Å². The molecule has 1 fully saturated rings. The third kappa shape index (κ3) is 8.14. The Balaban J connectivity index is 1.42. The summed E-state index contributed by atoms with van der Waals surface area (Å²) in [5.74, 6) is -0.112. The second kappa shape index (κ2) is 12.8. The molecule has 10 nitrogen and oxygen atoms in total. The van der Waals surface area contributed by atoms with Crippen LogP contribution in [0.25, 0.3) is 21.9 Å². The first kappa shape index (κ1) is 34.8. The Bertz CT molecular complexity index is 1860. The molecule has 254 valence electrons. The molecule has 2 aromatic heterocycles. The van der Waals surface area contributed by atoms with Gasteiger partial charge in [-0.05, 0) is 90.3 Å². The first-order valence-electron chi connectivity index (χ1n) is 15.4. The summed E-state index contributed by atoms with van der Waals surface area (Å²) in [7, 11) is -4.29. The number of imidazole rings is 1. The van der Waals surface area contributed by atoms with Crippen LogP contribution in [0, 0.1) is 0 Å². The van der Waals surface area contributed by atoms with Crippen LogP contribution in [0.1, 0.15) is 71.6 Å². The minimum Gasteiger partial charge on any atom is -0.342 e. The number of para-hydroxylation sites is 1. The van der Waals surface area contributed by atoms with Crippen LogP contribution in [-0.4, -0.2) is 49.2 Å². The highest BCUT2D eigenvalue weighted by atomic mass is 31.2. The third-order valence-electron chi connectivity index (χ3n) is 7.61. The molecule has 0 atom stereocenters. The Morgan fingerprint density at radius 1 is 0.957 bits per heavy atom. The molecule has 1 amide bonds. The van der Waals surface area contributed by atoms with E-state index >= 15 is 0 Å². The lowest BCUT2D eigenvalue weighted by atomic mass is 10.0. The van der Waals surface area contributed by atoms with Crippen LogP contribution in [0.2, 0.25) is 0 Å². The van der Waals surface area contributed by atoms with E-state index in [1.807, 2.05) is 30.3 Å². The van der Waals surface area contributed by atoms with Crippen molar-refractivity contribution in [3.8, 4) is 0 Å². The number of phosphoric acid groups is 1. The van der Waals surface area contributed by atoms with Crippen LogP contribution in [0.3, 0.4) is 0 Å². The number of carbonyl (C=O) groups is 1. The van der Waals surface area contributed by atoms with Crippen molar-refractivity contribution >= 4 is 35.7 Å². The lowest BCUT2D eigenvalue weighted by Crippen LogP contribution is -2.41. The summed E-state index contributed by atoms with van der Waals surface area (Å²) < 4.78 is 75.7. The number of hydrogen-bond donors (Lipinski definition) is 0. The van der Waals surface area contributed by atoms with Crippen molar-refractivity contribution in [2.75, 3.05) is 13.1 Å². The molecule has 0 unspecified atom stereocenters. The van der Waals surface area contributed by atoms with Crippen LogP contribution in [-0.2, 0) is 42.3 Å². The molecule has 1 aliphatic rings. The van der Waals surface area contributed by atoms with E-state index in [9.17, 15) is 27.3 Å². The lowest BCUT2D eigenvalue weighted by molar-refractivity contribution is -0.136. The van der Waals surface area contributed by atoms with Gasteiger partial charge in [0.25, 0.3) is 0 Å². The number of benzene rings is 2. The normalized spacial score (nSPS) is 15.6. The van der Waals surface area contributed by atoms with Gasteiger partial charge in [-0.1, -0.05) is 18.2 Å². The Morgan fingerprint density at radius 3 is 2.23 bits per heavy atom. The Kier molecular flexibility index (Phi) is 9.51. The van der Waals surface area contributed by atoms with Crippen molar-refractivity contribution in [1.82, 2.24) is 19.0 Å². The molecule has 0 N–H and O–H groups in total. The van der Waals surface area contributed by atoms with Gasteiger partial charge in [-0.3, -0.25) is 32.5 Å². The van der Waals surface area contributed by atoms with E-state index < -0.39 is 49.2 Å². The van der Waals surface area contributed by atoms with Gasteiger partial charge >= 0.3 is 19.7 Å². The average Bonchev–Trinajstić information content (AvgIpc) is 3.24. The molecule has 47 heavy (non-hydrogen) atoms. The second-order valence-corrected chi connectivity index (χ2v) is 15.2. The van der Waals surface area contributed by atoms with Crippen LogP contribution < -0.4 is 5.69 Å². The first-order chi connectivity index (χ1) is 21.8. The number of nitrogens with zero attached hydrogens (tertiary/aromatic N) is 4. The zero-order chi connectivity index (χ0) is 34.4. The van der Waals surface area contributed by atoms with E-state index in [-0.39, 0.29) is 49.3 Å². The van der Waals surface area contributed by atoms with E-state index in [0.717, 1.165) is 31.7 Å². The largest absolute Gasteiger partial charge is 0.477 e. The molecule has 0 saturated carbocycles. The molecule has 1 aliphatic heterocycles. The molecule has 4 aromatic rings. The van der Waals surface area contributed by atoms with Crippen LogP contribution in [0.15, 0.2) is 59.5 Å². The Labute approximate surface area is 271 Å². The van der Waals surface area contributed by atoms with E-state index in [2.05, 4.69) is 4.98 Å². The highest BCUT2D eigenvalue weighted by molar-refractivity contribution is 7.48. The van der Waals surface area contributed by atoms with E-state index in [4.69, 9.17) is 13.6 Å². The quantitative estimate of drug-likeness (QED) is 0.178. The minimum atomic E-state index is -4.76. The smallest absolute Gasteiger partial charge is 0.342 e. The molecule has 0 radical (unpaired) electrons. The highest BCUT2D eigenvalue weighted by Gasteiger charge is 2.40. The van der Waals surface area contributed by atoms with Crippen molar-refractivity contribution in [3.63, 3.8) is 0 Å². The number of fused-ring (bicyclic) bond motifs is 2. The summed E-state index contributed by atoms with van der Waals surface area (Å²) in [5, 5.41) is 0.919. The molecule has 3 heterocycles. The number of hydrogen-bond acceptors (Lipinski definition) is 7. The summed E-state index contributed by atoms with van der Waals surface area (Å²) in [6.45, 7) is 9.76. The standard InChI is InChI=1S/C33H40F3N4O6P/c1-31(2,3)45-47(43,46-32(4,5)6)44-21-39-27-11-7-10-25(33(34,35)36)29(27)40(30(39)42)24-14-17-38(18-15-24)28(41)20-22-12-13-26-23(19-22)9-8-16-37-26/h7-13,16,19,24H,14-15,17-18,20-21H2,1-6H3. The number of carbonyl (C=O) groups excluding carboxylic acids is 1. The lowest BCUT2D eigenvalue weighted by Gasteiger charge is -2.33. The van der Waals surface area contributed by atoms with Gasteiger partial charge in [0.1, 0.15) is 6.73 Å². The Hall–Kier alpha value is -3.51. The van der Waals surface area contributed by atoms with Gasteiger partial charge in [-0.2, -0.15) is 13.2 Å². The number of alkyl halides is 3. The first-order valence-corrected chi connectivity index (χ1v) is 16.9. The summed E-state index contributed by atoms with van der Waals surface area (Å²) in [6.07, 6.45) is -2.37. The number of aromatic nitrogens is 3. The van der Waals surface area contributed by atoms with Crippen molar-refractivity contribution < 1.29 is 36.1 Å². The molecule has 0 spiro atoms. The fourth-order valence-corrected chi connectivity index (χ4v) is 7.53. The number of halogens is 3. The fraction of sp³-hybridized carbons (Fsp3) is 0.485. The molecule has 14 heteroatoms. The monoisotopic (exact) mass is 676 g/mol. The number of rotatable bonds is 8. The van der Waals surface area contributed by atoms with E-state index in [1.54, 1.807) is 52.6 Å². The minimum absolute atomic E-state index is 0.0350. The number of phosphoric ester groups is 1. The van der Waals surface area contributed by atoms with Gasteiger partial charge in [0.2, 0.25) is 5.91 Å². The van der Waals surface area contributed by atoms with E-state index in [1.165, 1.54) is 12.1 Å². The van der Waals surface area contributed by atoms with Crippen molar-refractivity contribution in [1.29, 1.82) is 0 Å². The van der Waals surface area contributed by atoms with Gasteiger partial charge in [0.05, 0.1) is 39.7 Å². The number of piperidine rings is 1. The van der Waals surface area contributed by atoms with Gasteiger partial charge in [-0.25, -0.2) is 9.36 Å². The zero-order valence-corrected chi connectivity index (χ0v) is 28.2. The topological polar surface area (TPSA) is 105 Å². The summed E-state index contributed by atoms with van der Waals surface area (Å²) >= 11 is 0. The number of amides is 1. The van der Waals surface area contributed by atoms with E-state index in [0.29, 0.717) is 0 Å². The number of likely N-dealkylation sites (tertiary alicyclic amines) is 1. The van der Waals surface area contributed by atoms with Crippen molar-refractivity contribution in [3.05, 3.63) is 76.3 Å². The molecule has 1 saturated heterocycles. The molecule has 5 rings (SSSR count). The fourth-order valence-electron chi connectivity index (χ4n) is 5.79. The maximum Gasteiger partial charge on any atom is 0.477 e. The molecule has 2 aromatic carbocycles.